The lowest BCUT2D eigenvalue weighted by Crippen LogP contribution is -2.31. The molecule has 2 saturated heterocycles. The Hall–Kier alpha value is -2.58. The van der Waals surface area contributed by atoms with E-state index >= 15 is 0 Å². The first-order chi connectivity index (χ1) is 14.5. The highest BCUT2D eigenvalue weighted by molar-refractivity contribution is 7.89. The normalized spacial score (nSPS) is 20.0. The number of ether oxygens (including phenoxy) is 2. The Balaban J connectivity index is 1.64. The van der Waals surface area contributed by atoms with Crippen molar-refractivity contribution < 1.29 is 22.7 Å². The van der Waals surface area contributed by atoms with Crippen LogP contribution >= 0.6 is 0 Å². The summed E-state index contributed by atoms with van der Waals surface area (Å²) in [6.45, 7) is 1.12. The van der Waals surface area contributed by atoms with Gasteiger partial charge in [-0.2, -0.15) is 4.31 Å². The fourth-order valence-corrected chi connectivity index (χ4v) is 5.97. The topological polar surface area (TPSA) is 76.2 Å². The van der Waals surface area contributed by atoms with E-state index in [1.54, 1.807) is 59.8 Å². The number of sulfonamides is 1. The van der Waals surface area contributed by atoms with Gasteiger partial charge in [0.1, 0.15) is 11.5 Å². The van der Waals surface area contributed by atoms with Crippen LogP contribution in [-0.4, -0.2) is 45.9 Å². The van der Waals surface area contributed by atoms with Gasteiger partial charge in [0.15, 0.2) is 0 Å². The van der Waals surface area contributed by atoms with E-state index in [9.17, 15) is 13.2 Å². The van der Waals surface area contributed by atoms with Gasteiger partial charge in [0.2, 0.25) is 15.9 Å². The Morgan fingerprint density at radius 3 is 2.37 bits per heavy atom. The molecule has 2 aromatic carbocycles. The second-order valence-corrected chi connectivity index (χ2v) is 9.42. The van der Waals surface area contributed by atoms with Gasteiger partial charge in [-0.25, -0.2) is 8.42 Å². The first kappa shape index (κ1) is 20.7. The minimum absolute atomic E-state index is 0.0790. The van der Waals surface area contributed by atoms with Crippen molar-refractivity contribution in [3.8, 4) is 11.5 Å². The Labute approximate surface area is 177 Å². The fourth-order valence-electron chi connectivity index (χ4n) is 4.29. The van der Waals surface area contributed by atoms with Crippen LogP contribution in [0.5, 0.6) is 11.5 Å². The first-order valence-electron chi connectivity index (χ1n) is 10.1. The Bertz CT molecular complexity index is 1040. The van der Waals surface area contributed by atoms with Crippen LogP contribution in [0, 0.1) is 0 Å². The van der Waals surface area contributed by atoms with E-state index in [1.165, 1.54) is 0 Å². The summed E-state index contributed by atoms with van der Waals surface area (Å²) in [4.78, 5) is 13.9. The van der Waals surface area contributed by atoms with Crippen molar-refractivity contribution in [3.63, 3.8) is 0 Å². The van der Waals surface area contributed by atoms with E-state index in [2.05, 4.69) is 0 Å². The third-order valence-electron chi connectivity index (χ3n) is 5.83. The van der Waals surface area contributed by atoms with E-state index in [1.807, 2.05) is 6.07 Å². The quantitative estimate of drug-likeness (QED) is 0.702. The lowest BCUT2D eigenvalue weighted by atomic mass is 10.0. The standard InChI is InChI=1S/C22H26N2O5S/c1-28-17-9-12-21(29-2)19(15-17)20-5-3-14-24(20)30(26,27)18-10-7-16(8-11-18)23-13-4-6-22(23)25/h7-12,15,20H,3-6,13-14H2,1-2H3/t20-/m0/s1. The van der Waals surface area contributed by atoms with Crippen molar-refractivity contribution >= 4 is 21.6 Å². The Morgan fingerprint density at radius 2 is 1.73 bits per heavy atom. The highest BCUT2D eigenvalue weighted by atomic mass is 32.2. The number of hydrogen-bond donors (Lipinski definition) is 0. The molecule has 2 heterocycles. The summed E-state index contributed by atoms with van der Waals surface area (Å²) < 4.78 is 39.3. The number of rotatable bonds is 6. The maximum absolute atomic E-state index is 13.4. The minimum atomic E-state index is -3.70. The molecule has 0 aromatic heterocycles. The molecule has 2 aliphatic heterocycles. The Kier molecular flexibility index (Phi) is 5.71. The van der Waals surface area contributed by atoms with Crippen molar-refractivity contribution in [1.82, 2.24) is 4.31 Å². The number of anilines is 1. The second-order valence-electron chi connectivity index (χ2n) is 7.52. The second kappa shape index (κ2) is 8.28. The molecule has 8 heteroatoms. The maximum atomic E-state index is 13.4. The molecule has 0 aliphatic carbocycles. The third-order valence-corrected chi connectivity index (χ3v) is 7.75. The molecule has 0 N–H and O–H groups in total. The monoisotopic (exact) mass is 430 g/mol. The zero-order chi connectivity index (χ0) is 21.3. The molecule has 160 valence electrons. The SMILES string of the molecule is COc1ccc(OC)c([C@@H]2CCCN2S(=O)(=O)c2ccc(N3CCCC3=O)cc2)c1. The lowest BCUT2D eigenvalue weighted by molar-refractivity contribution is -0.117. The van der Waals surface area contributed by atoms with Crippen LogP contribution in [0.4, 0.5) is 5.69 Å². The molecule has 0 unspecified atom stereocenters. The van der Waals surface area contributed by atoms with E-state index < -0.39 is 10.0 Å². The lowest BCUT2D eigenvalue weighted by Gasteiger charge is -2.26. The summed E-state index contributed by atoms with van der Waals surface area (Å²) in [7, 11) is -0.535. The van der Waals surface area contributed by atoms with Gasteiger partial charge in [-0.3, -0.25) is 4.79 Å². The van der Waals surface area contributed by atoms with Crippen molar-refractivity contribution in [1.29, 1.82) is 0 Å². The Morgan fingerprint density at radius 1 is 0.967 bits per heavy atom. The van der Waals surface area contributed by atoms with E-state index in [0.29, 0.717) is 37.4 Å². The molecule has 0 spiro atoms. The van der Waals surface area contributed by atoms with Gasteiger partial charge in [0.05, 0.1) is 25.2 Å². The molecule has 30 heavy (non-hydrogen) atoms. The number of benzene rings is 2. The van der Waals surface area contributed by atoms with Crippen LogP contribution in [0.25, 0.3) is 0 Å². The summed E-state index contributed by atoms with van der Waals surface area (Å²) in [5.74, 6) is 1.39. The van der Waals surface area contributed by atoms with Crippen LogP contribution < -0.4 is 14.4 Å². The number of methoxy groups -OCH3 is 2. The van der Waals surface area contributed by atoms with Gasteiger partial charge in [0.25, 0.3) is 0 Å². The molecule has 4 rings (SSSR count). The van der Waals surface area contributed by atoms with Gasteiger partial charge >= 0.3 is 0 Å². The van der Waals surface area contributed by atoms with Gasteiger partial charge in [-0.15, -0.1) is 0 Å². The predicted molar refractivity (Wildman–Crippen MR) is 113 cm³/mol. The molecular weight excluding hydrogens is 404 g/mol. The highest BCUT2D eigenvalue weighted by Gasteiger charge is 2.38. The van der Waals surface area contributed by atoms with Crippen LogP contribution in [0.1, 0.15) is 37.3 Å². The van der Waals surface area contributed by atoms with Crippen LogP contribution in [0.15, 0.2) is 47.4 Å². The molecule has 1 amide bonds. The van der Waals surface area contributed by atoms with Crippen molar-refractivity contribution in [3.05, 3.63) is 48.0 Å². The van der Waals surface area contributed by atoms with Crippen LogP contribution in [0.2, 0.25) is 0 Å². The molecule has 2 aromatic rings. The van der Waals surface area contributed by atoms with E-state index in [4.69, 9.17) is 9.47 Å². The van der Waals surface area contributed by atoms with Gasteiger partial charge < -0.3 is 14.4 Å². The van der Waals surface area contributed by atoms with Crippen molar-refractivity contribution in [2.45, 2.75) is 36.6 Å². The molecule has 0 radical (unpaired) electrons. The fraction of sp³-hybridized carbons (Fsp3) is 0.409. The largest absolute Gasteiger partial charge is 0.497 e. The number of nitrogens with zero attached hydrogens (tertiary/aromatic N) is 2. The minimum Gasteiger partial charge on any atom is -0.497 e. The number of carbonyl (C=O) groups is 1. The summed E-state index contributed by atoms with van der Waals surface area (Å²) in [6.07, 6.45) is 2.85. The zero-order valence-electron chi connectivity index (χ0n) is 17.2. The van der Waals surface area contributed by atoms with Crippen molar-refractivity contribution in [2.75, 3.05) is 32.2 Å². The number of carbonyl (C=O) groups excluding carboxylic acids is 1. The first-order valence-corrected chi connectivity index (χ1v) is 11.5. The summed E-state index contributed by atoms with van der Waals surface area (Å²) in [6, 6.07) is 11.7. The average Bonchev–Trinajstić information content (AvgIpc) is 3.43. The highest BCUT2D eigenvalue weighted by Crippen LogP contribution is 2.41. The maximum Gasteiger partial charge on any atom is 0.243 e. The van der Waals surface area contributed by atoms with Gasteiger partial charge in [0, 0.05) is 30.8 Å². The smallest absolute Gasteiger partial charge is 0.243 e. The molecule has 2 aliphatic rings. The van der Waals surface area contributed by atoms with Gasteiger partial charge in [-0.05, 0) is 61.7 Å². The molecule has 0 bridgehead atoms. The number of amides is 1. The van der Waals surface area contributed by atoms with E-state index in [-0.39, 0.29) is 16.8 Å². The van der Waals surface area contributed by atoms with Gasteiger partial charge in [-0.1, -0.05) is 0 Å². The summed E-state index contributed by atoms with van der Waals surface area (Å²) in [5, 5.41) is 0. The third kappa shape index (κ3) is 3.65. The molecule has 7 nitrogen and oxygen atoms in total. The predicted octanol–water partition coefficient (Wildman–Crippen LogP) is 3.36. The number of hydrogen-bond acceptors (Lipinski definition) is 5. The van der Waals surface area contributed by atoms with Crippen molar-refractivity contribution in [2.24, 2.45) is 0 Å². The van der Waals surface area contributed by atoms with E-state index in [0.717, 1.165) is 24.1 Å². The molecule has 0 saturated carbocycles. The average molecular weight is 431 g/mol. The van der Waals surface area contributed by atoms with Crippen LogP contribution in [0.3, 0.4) is 0 Å². The molecule has 1 atom stereocenters. The zero-order valence-corrected chi connectivity index (χ0v) is 18.0. The summed E-state index contributed by atoms with van der Waals surface area (Å²) >= 11 is 0. The summed E-state index contributed by atoms with van der Waals surface area (Å²) in [5.41, 5.74) is 1.54. The molecule has 2 fully saturated rings. The van der Waals surface area contributed by atoms with Crippen LogP contribution in [-0.2, 0) is 14.8 Å². The molecular formula is C22H26N2O5S.